The third kappa shape index (κ3) is 2.86. The standard InChI is InChI=1S/C12H19ClSi/c1-5-6-14(4,13)12-8-10(2)7-11(3)9-12/h7-9H,5-6H2,1-4H3. The fourth-order valence-corrected chi connectivity index (χ4v) is 5.07. The maximum Gasteiger partial charge on any atom is 0.183 e. The number of rotatable bonds is 3. The van der Waals surface area contributed by atoms with Gasteiger partial charge >= 0.3 is 0 Å². The molecule has 0 saturated carbocycles. The lowest BCUT2D eigenvalue weighted by atomic mass is 10.2. The molecule has 0 aliphatic rings. The normalized spacial score (nSPS) is 15.2. The van der Waals surface area contributed by atoms with Crippen molar-refractivity contribution in [1.29, 1.82) is 0 Å². The molecule has 0 bridgehead atoms. The molecule has 0 radical (unpaired) electrons. The van der Waals surface area contributed by atoms with Crippen molar-refractivity contribution in [2.45, 2.75) is 39.8 Å². The molecule has 78 valence electrons. The van der Waals surface area contributed by atoms with E-state index in [2.05, 4.69) is 45.5 Å². The van der Waals surface area contributed by atoms with E-state index in [1.807, 2.05) is 0 Å². The molecular formula is C12H19ClSi. The van der Waals surface area contributed by atoms with Gasteiger partial charge in [0.1, 0.15) is 0 Å². The molecule has 1 unspecified atom stereocenters. The molecule has 14 heavy (non-hydrogen) atoms. The number of aryl methyl sites for hydroxylation is 2. The Labute approximate surface area is 93.0 Å². The fraction of sp³-hybridized carbons (Fsp3) is 0.500. The van der Waals surface area contributed by atoms with Gasteiger partial charge in [-0.05, 0) is 25.1 Å². The summed E-state index contributed by atoms with van der Waals surface area (Å²) >= 11 is 6.64. The predicted molar refractivity (Wildman–Crippen MR) is 68.1 cm³/mol. The molecule has 0 aliphatic heterocycles. The molecule has 0 fully saturated rings. The minimum atomic E-state index is -1.67. The van der Waals surface area contributed by atoms with Gasteiger partial charge in [0.2, 0.25) is 0 Å². The minimum Gasteiger partial charge on any atom is -0.161 e. The van der Waals surface area contributed by atoms with Crippen molar-refractivity contribution in [3.05, 3.63) is 29.3 Å². The van der Waals surface area contributed by atoms with E-state index in [9.17, 15) is 0 Å². The molecule has 2 heteroatoms. The average molecular weight is 227 g/mol. The van der Waals surface area contributed by atoms with Crippen molar-refractivity contribution in [2.24, 2.45) is 0 Å². The summed E-state index contributed by atoms with van der Waals surface area (Å²) in [5.41, 5.74) is 2.66. The van der Waals surface area contributed by atoms with Crippen LogP contribution in [0.1, 0.15) is 24.5 Å². The van der Waals surface area contributed by atoms with Crippen LogP contribution in [0, 0.1) is 13.8 Å². The Morgan fingerprint density at radius 3 is 2.07 bits per heavy atom. The molecule has 1 aromatic rings. The Morgan fingerprint density at radius 1 is 1.14 bits per heavy atom. The maximum absolute atomic E-state index is 6.64. The van der Waals surface area contributed by atoms with E-state index in [4.69, 9.17) is 11.1 Å². The zero-order valence-corrected chi connectivity index (χ0v) is 11.3. The van der Waals surface area contributed by atoms with Gasteiger partial charge in [-0.25, -0.2) is 0 Å². The predicted octanol–water partition coefficient (Wildman–Crippen LogP) is 3.73. The molecule has 0 nitrogen and oxygen atoms in total. The Kier molecular flexibility index (Phi) is 3.79. The molecule has 0 aromatic heterocycles. The highest BCUT2D eigenvalue weighted by atomic mass is 35.6. The summed E-state index contributed by atoms with van der Waals surface area (Å²) in [5.74, 6) is 0. The molecule has 0 heterocycles. The second kappa shape index (κ2) is 4.50. The van der Waals surface area contributed by atoms with Crippen LogP contribution < -0.4 is 5.19 Å². The monoisotopic (exact) mass is 226 g/mol. The molecule has 0 amide bonds. The van der Waals surface area contributed by atoms with Crippen molar-refractivity contribution >= 4 is 23.6 Å². The molecule has 0 spiro atoms. The van der Waals surface area contributed by atoms with Crippen molar-refractivity contribution < 1.29 is 0 Å². The number of hydrogen-bond donors (Lipinski definition) is 0. The highest BCUT2D eigenvalue weighted by Gasteiger charge is 2.25. The Morgan fingerprint density at radius 2 is 1.64 bits per heavy atom. The first-order chi connectivity index (χ1) is 6.45. The van der Waals surface area contributed by atoms with Crippen molar-refractivity contribution in [2.75, 3.05) is 0 Å². The first-order valence-electron chi connectivity index (χ1n) is 5.23. The largest absolute Gasteiger partial charge is 0.183 e. The lowest BCUT2D eigenvalue weighted by molar-refractivity contribution is 1.06. The number of halogens is 1. The summed E-state index contributed by atoms with van der Waals surface area (Å²) in [5, 5.41) is 1.39. The highest BCUT2D eigenvalue weighted by Crippen LogP contribution is 2.18. The third-order valence-electron chi connectivity index (χ3n) is 2.54. The van der Waals surface area contributed by atoms with Crippen molar-refractivity contribution in [3.8, 4) is 0 Å². The molecular weight excluding hydrogens is 208 g/mol. The number of benzene rings is 1. The molecule has 0 saturated heterocycles. The van der Waals surface area contributed by atoms with Crippen LogP contribution in [0.25, 0.3) is 0 Å². The van der Waals surface area contributed by atoms with Crippen LogP contribution >= 0.6 is 11.1 Å². The van der Waals surface area contributed by atoms with E-state index >= 15 is 0 Å². The highest BCUT2D eigenvalue weighted by molar-refractivity contribution is 7.26. The lowest BCUT2D eigenvalue weighted by Gasteiger charge is -2.20. The van der Waals surface area contributed by atoms with Crippen LogP contribution in [-0.2, 0) is 0 Å². The van der Waals surface area contributed by atoms with Crippen LogP contribution in [0.5, 0.6) is 0 Å². The maximum atomic E-state index is 6.64. The van der Waals surface area contributed by atoms with Crippen molar-refractivity contribution in [3.63, 3.8) is 0 Å². The summed E-state index contributed by atoms with van der Waals surface area (Å²) < 4.78 is 0. The van der Waals surface area contributed by atoms with Gasteiger partial charge in [-0.2, -0.15) is 11.1 Å². The molecule has 1 atom stereocenters. The van der Waals surface area contributed by atoms with Gasteiger partial charge in [-0.15, -0.1) is 0 Å². The van der Waals surface area contributed by atoms with Gasteiger partial charge in [-0.3, -0.25) is 0 Å². The van der Waals surface area contributed by atoms with Gasteiger partial charge < -0.3 is 0 Å². The van der Waals surface area contributed by atoms with Gasteiger partial charge in [0, 0.05) is 0 Å². The van der Waals surface area contributed by atoms with Crippen LogP contribution in [0.3, 0.4) is 0 Å². The first kappa shape index (κ1) is 11.8. The summed E-state index contributed by atoms with van der Waals surface area (Å²) in [6.45, 7) is 8.73. The van der Waals surface area contributed by atoms with E-state index in [1.165, 1.54) is 22.7 Å². The summed E-state index contributed by atoms with van der Waals surface area (Å²) in [7, 11) is -1.67. The molecule has 0 N–H and O–H groups in total. The second-order valence-electron chi connectivity index (χ2n) is 4.32. The molecule has 1 aromatic carbocycles. The van der Waals surface area contributed by atoms with E-state index in [1.54, 1.807) is 0 Å². The zero-order chi connectivity index (χ0) is 10.8. The Bertz CT molecular complexity index is 298. The van der Waals surface area contributed by atoms with Crippen molar-refractivity contribution in [1.82, 2.24) is 0 Å². The minimum absolute atomic E-state index is 1.16. The van der Waals surface area contributed by atoms with Gasteiger partial charge in [0.15, 0.2) is 7.38 Å². The lowest BCUT2D eigenvalue weighted by Crippen LogP contribution is -2.38. The van der Waals surface area contributed by atoms with E-state index < -0.39 is 7.38 Å². The van der Waals surface area contributed by atoms with Gasteiger partial charge in [-0.1, -0.05) is 49.2 Å². The van der Waals surface area contributed by atoms with E-state index in [0.717, 1.165) is 6.04 Å². The molecule has 1 rings (SSSR count). The average Bonchev–Trinajstić information content (AvgIpc) is 2.02. The second-order valence-corrected chi connectivity index (χ2v) is 10.3. The fourth-order valence-electron chi connectivity index (χ4n) is 1.89. The van der Waals surface area contributed by atoms with Gasteiger partial charge in [0.05, 0.1) is 0 Å². The Hall–Kier alpha value is -0.273. The quantitative estimate of drug-likeness (QED) is 0.544. The van der Waals surface area contributed by atoms with E-state index in [0.29, 0.717) is 0 Å². The van der Waals surface area contributed by atoms with Crippen LogP contribution in [0.2, 0.25) is 12.6 Å². The summed E-state index contributed by atoms with van der Waals surface area (Å²) in [6.07, 6.45) is 1.18. The first-order valence-corrected chi connectivity index (χ1v) is 8.95. The zero-order valence-electron chi connectivity index (χ0n) is 9.52. The topological polar surface area (TPSA) is 0 Å². The van der Waals surface area contributed by atoms with Crippen LogP contribution in [-0.4, -0.2) is 7.38 Å². The third-order valence-corrected chi connectivity index (χ3v) is 6.70. The number of hydrogen-bond acceptors (Lipinski definition) is 0. The van der Waals surface area contributed by atoms with Crippen LogP contribution in [0.15, 0.2) is 18.2 Å². The summed E-state index contributed by atoms with van der Waals surface area (Å²) in [6, 6.07) is 7.87. The van der Waals surface area contributed by atoms with Gasteiger partial charge in [0.25, 0.3) is 0 Å². The SMILES string of the molecule is CCC[Si](C)(Cl)c1cc(C)cc(C)c1. The summed E-state index contributed by atoms with van der Waals surface area (Å²) in [4.78, 5) is 0. The smallest absolute Gasteiger partial charge is 0.161 e. The van der Waals surface area contributed by atoms with Crippen LogP contribution in [0.4, 0.5) is 0 Å². The molecule has 0 aliphatic carbocycles. The van der Waals surface area contributed by atoms with E-state index in [-0.39, 0.29) is 0 Å². The Balaban J connectivity index is 3.05.